The molecule has 1 aromatic heterocycles. The molecule has 0 fully saturated rings. The SMILES string of the molecule is CCOC(=O)C1=C(C(F)(F)F)N=c2s/c(=C\c3ccccc3OCc3ccc(C(=O)OCC)cc3)c(=O)n2[C@@H]1c1ccc(Cl)cc1. The number of fused-ring (bicyclic) bond motifs is 1. The van der Waals surface area contributed by atoms with E-state index in [1.54, 1.807) is 55.5 Å². The number of rotatable bonds is 9. The Balaban J connectivity index is 1.57. The van der Waals surface area contributed by atoms with Crippen LogP contribution in [0.5, 0.6) is 5.75 Å². The molecule has 0 N–H and O–H groups in total. The first-order valence-corrected chi connectivity index (χ1v) is 15.2. The Morgan fingerprint density at radius 2 is 1.61 bits per heavy atom. The van der Waals surface area contributed by atoms with E-state index in [0.717, 1.165) is 21.5 Å². The summed E-state index contributed by atoms with van der Waals surface area (Å²) in [5.41, 5.74) is -1.02. The fourth-order valence-electron chi connectivity index (χ4n) is 4.79. The fraction of sp³-hybridized carbons (Fsp3) is 0.212. The number of ether oxygens (including phenoxy) is 3. The number of carbonyl (C=O) groups excluding carboxylic acids is 2. The summed E-state index contributed by atoms with van der Waals surface area (Å²) < 4.78 is 60.2. The average Bonchev–Trinajstić information content (AvgIpc) is 3.34. The zero-order valence-corrected chi connectivity index (χ0v) is 26.0. The minimum atomic E-state index is -5.02. The van der Waals surface area contributed by atoms with E-state index >= 15 is 0 Å². The van der Waals surface area contributed by atoms with Gasteiger partial charge in [0.25, 0.3) is 5.56 Å². The Hall–Kier alpha value is -4.68. The summed E-state index contributed by atoms with van der Waals surface area (Å²) in [6, 6.07) is 17.9. The number of alkyl halides is 3. The van der Waals surface area contributed by atoms with Crippen LogP contribution in [0.25, 0.3) is 6.08 Å². The Morgan fingerprint density at radius 1 is 0.957 bits per heavy atom. The molecule has 1 aliphatic rings. The van der Waals surface area contributed by atoms with E-state index < -0.39 is 41.0 Å². The van der Waals surface area contributed by atoms with Crippen molar-refractivity contribution in [2.45, 2.75) is 32.7 Å². The fourth-order valence-corrected chi connectivity index (χ4v) is 5.90. The van der Waals surface area contributed by atoms with Gasteiger partial charge in [0, 0.05) is 10.6 Å². The lowest BCUT2D eigenvalue weighted by Crippen LogP contribution is -2.41. The highest BCUT2D eigenvalue weighted by Crippen LogP contribution is 2.38. The van der Waals surface area contributed by atoms with Crippen LogP contribution in [0.3, 0.4) is 0 Å². The highest BCUT2D eigenvalue weighted by molar-refractivity contribution is 7.07. The van der Waals surface area contributed by atoms with E-state index in [-0.39, 0.29) is 34.7 Å². The largest absolute Gasteiger partial charge is 0.488 e. The van der Waals surface area contributed by atoms with Crippen molar-refractivity contribution in [3.05, 3.63) is 131 Å². The molecule has 1 atom stereocenters. The molecule has 3 aromatic carbocycles. The molecule has 0 bridgehead atoms. The van der Waals surface area contributed by atoms with Crippen LogP contribution >= 0.6 is 22.9 Å². The summed E-state index contributed by atoms with van der Waals surface area (Å²) in [5.74, 6) is -1.26. The second-order valence-electron chi connectivity index (χ2n) is 9.86. The number of thiazole rings is 1. The number of hydrogen-bond donors (Lipinski definition) is 0. The van der Waals surface area contributed by atoms with Crippen molar-refractivity contribution in [1.29, 1.82) is 0 Å². The predicted molar refractivity (Wildman–Crippen MR) is 165 cm³/mol. The van der Waals surface area contributed by atoms with E-state index in [9.17, 15) is 27.6 Å². The molecule has 8 nitrogen and oxygen atoms in total. The van der Waals surface area contributed by atoms with Gasteiger partial charge in [-0.15, -0.1) is 0 Å². The summed E-state index contributed by atoms with van der Waals surface area (Å²) in [6.45, 7) is 3.40. The van der Waals surface area contributed by atoms with Crippen molar-refractivity contribution >= 4 is 41.0 Å². The van der Waals surface area contributed by atoms with Gasteiger partial charge in [-0.3, -0.25) is 9.36 Å². The number of hydrogen-bond acceptors (Lipinski definition) is 8. The Morgan fingerprint density at radius 3 is 2.26 bits per heavy atom. The lowest BCUT2D eigenvalue weighted by atomic mass is 9.95. The molecule has 2 heterocycles. The van der Waals surface area contributed by atoms with Gasteiger partial charge in [-0.1, -0.05) is 65.4 Å². The van der Waals surface area contributed by atoms with Gasteiger partial charge in [0.15, 0.2) is 10.5 Å². The summed E-state index contributed by atoms with van der Waals surface area (Å²) in [6.07, 6.45) is -3.51. The van der Waals surface area contributed by atoms with Crippen LogP contribution in [-0.2, 0) is 20.9 Å². The lowest BCUT2D eigenvalue weighted by Gasteiger charge is -2.26. The van der Waals surface area contributed by atoms with Crippen LogP contribution in [0.2, 0.25) is 5.02 Å². The van der Waals surface area contributed by atoms with Crippen LogP contribution in [0.4, 0.5) is 13.2 Å². The molecule has 13 heteroatoms. The van der Waals surface area contributed by atoms with Gasteiger partial charge in [0.1, 0.15) is 12.4 Å². The summed E-state index contributed by atoms with van der Waals surface area (Å²) in [7, 11) is 0. The Bertz CT molecular complexity index is 1980. The summed E-state index contributed by atoms with van der Waals surface area (Å²) in [5, 5.41) is 0.320. The molecule has 0 spiro atoms. The number of carbonyl (C=O) groups is 2. The third-order valence-electron chi connectivity index (χ3n) is 6.85. The Kier molecular flexibility index (Phi) is 9.78. The first-order chi connectivity index (χ1) is 22.0. The molecular formula is C33H26ClF3N2O6S. The van der Waals surface area contributed by atoms with Crippen molar-refractivity contribution < 1.29 is 37.0 Å². The average molecular weight is 671 g/mol. The van der Waals surface area contributed by atoms with Crippen molar-refractivity contribution in [2.24, 2.45) is 4.99 Å². The highest BCUT2D eigenvalue weighted by Gasteiger charge is 2.45. The standard InChI is InChI=1S/C33H26ClF3N2O6S/c1-3-43-30(41)21-11-9-19(10-12-21)18-45-24-8-6-5-7-22(24)17-25-29(40)39-27(20-13-15-23(34)16-14-20)26(31(42)44-4-2)28(33(35,36)37)38-32(39)46-25/h5-17,27H,3-4,18H2,1-2H3/b25-17-/t27-/m1/s1. The monoisotopic (exact) mass is 670 g/mol. The molecule has 4 aromatic rings. The molecule has 0 saturated heterocycles. The van der Waals surface area contributed by atoms with Gasteiger partial charge in [-0.2, -0.15) is 13.2 Å². The normalized spacial score (nSPS) is 14.8. The first kappa shape index (κ1) is 32.7. The molecule has 46 heavy (non-hydrogen) atoms. The van der Waals surface area contributed by atoms with Crippen molar-refractivity contribution in [1.82, 2.24) is 4.57 Å². The van der Waals surface area contributed by atoms with E-state index in [4.69, 9.17) is 25.8 Å². The van der Waals surface area contributed by atoms with Crippen LogP contribution in [0, 0.1) is 0 Å². The van der Waals surface area contributed by atoms with Crippen LogP contribution < -0.4 is 19.6 Å². The van der Waals surface area contributed by atoms with Crippen LogP contribution in [-0.4, -0.2) is 35.9 Å². The molecule has 0 radical (unpaired) electrons. The smallest absolute Gasteiger partial charge is 0.434 e. The Labute approximate surface area is 269 Å². The minimum absolute atomic E-state index is 0.0687. The van der Waals surface area contributed by atoms with E-state index in [1.807, 2.05) is 0 Å². The maximum atomic E-state index is 14.4. The molecule has 0 unspecified atom stereocenters. The van der Waals surface area contributed by atoms with E-state index in [0.29, 0.717) is 21.9 Å². The number of aromatic nitrogens is 1. The van der Waals surface area contributed by atoms with Gasteiger partial charge in [0.05, 0.1) is 34.9 Å². The minimum Gasteiger partial charge on any atom is -0.488 e. The third-order valence-corrected chi connectivity index (χ3v) is 8.08. The second-order valence-corrected chi connectivity index (χ2v) is 11.3. The molecule has 238 valence electrons. The number of halogens is 4. The summed E-state index contributed by atoms with van der Waals surface area (Å²) in [4.78, 5) is 42.4. The first-order valence-electron chi connectivity index (χ1n) is 14.1. The number of esters is 2. The quantitative estimate of drug-likeness (QED) is 0.211. The topological polar surface area (TPSA) is 96.2 Å². The maximum absolute atomic E-state index is 14.4. The van der Waals surface area contributed by atoms with Gasteiger partial charge in [0.2, 0.25) is 0 Å². The van der Waals surface area contributed by atoms with Crippen molar-refractivity contribution in [3.63, 3.8) is 0 Å². The highest BCUT2D eigenvalue weighted by atomic mass is 35.5. The van der Waals surface area contributed by atoms with Gasteiger partial charge in [-0.05, 0) is 61.4 Å². The number of nitrogens with zero attached hydrogens (tertiary/aromatic N) is 2. The molecule has 0 amide bonds. The van der Waals surface area contributed by atoms with E-state index in [1.165, 1.54) is 37.3 Å². The molecule has 5 rings (SSSR count). The van der Waals surface area contributed by atoms with Crippen molar-refractivity contribution in [2.75, 3.05) is 13.2 Å². The van der Waals surface area contributed by atoms with E-state index in [2.05, 4.69) is 4.99 Å². The predicted octanol–water partition coefficient (Wildman–Crippen LogP) is 5.75. The number of allylic oxidation sites excluding steroid dienone is 1. The summed E-state index contributed by atoms with van der Waals surface area (Å²) >= 11 is 6.79. The van der Waals surface area contributed by atoms with Crippen LogP contribution in [0.1, 0.15) is 46.9 Å². The van der Waals surface area contributed by atoms with Gasteiger partial charge >= 0.3 is 18.1 Å². The zero-order valence-electron chi connectivity index (χ0n) is 24.5. The van der Waals surface area contributed by atoms with Gasteiger partial charge < -0.3 is 14.2 Å². The lowest BCUT2D eigenvalue weighted by molar-refractivity contribution is -0.140. The molecule has 0 aliphatic carbocycles. The molecular weight excluding hydrogens is 645 g/mol. The number of benzene rings is 3. The second kappa shape index (κ2) is 13.8. The van der Waals surface area contributed by atoms with Crippen LogP contribution in [0.15, 0.2) is 93.9 Å². The number of para-hydroxylation sites is 1. The zero-order chi connectivity index (χ0) is 33.0. The molecule has 0 saturated carbocycles. The third kappa shape index (κ3) is 6.92. The maximum Gasteiger partial charge on any atom is 0.434 e. The van der Waals surface area contributed by atoms with Crippen molar-refractivity contribution in [3.8, 4) is 5.75 Å². The van der Waals surface area contributed by atoms with Gasteiger partial charge in [-0.25, -0.2) is 14.6 Å². The molecule has 1 aliphatic heterocycles.